The Morgan fingerprint density at radius 1 is 1.16 bits per heavy atom. The number of aromatic nitrogens is 5. The number of ether oxygens (including phenoxy) is 1. The molecule has 2 N–H and O–H groups in total. The Bertz CT molecular complexity index is 1370. The number of aliphatic carboxylic acids is 1. The molecule has 1 saturated carbocycles. The second-order valence-corrected chi connectivity index (χ2v) is 10.5. The first kappa shape index (κ1) is 26.3. The van der Waals surface area contributed by atoms with E-state index in [1.807, 2.05) is 24.3 Å². The minimum atomic E-state index is -0.837. The number of hydrogen-bond acceptors (Lipinski definition) is 6. The van der Waals surface area contributed by atoms with E-state index in [0.29, 0.717) is 48.5 Å². The summed E-state index contributed by atoms with van der Waals surface area (Å²) < 4.78 is 5.54. The zero-order valence-corrected chi connectivity index (χ0v) is 22.0. The molecule has 2 fully saturated rings. The number of tetrazole rings is 1. The number of pyridine rings is 1. The topological polar surface area (TPSA) is 123 Å². The molecule has 0 bridgehead atoms. The van der Waals surface area contributed by atoms with Crippen molar-refractivity contribution in [2.45, 2.75) is 63.8 Å². The Kier molecular flexibility index (Phi) is 8.34. The van der Waals surface area contributed by atoms with Gasteiger partial charge in [-0.2, -0.15) is 4.80 Å². The Balaban J connectivity index is 1.32. The summed E-state index contributed by atoms with van der Waals surface area (Å²) in [7, 11) is 0. The van der Waals surface area contributed by atoms with Crippen molar-refractivity contribution < 1.29 is 14.6 Å². The quantitative estimate of drug-likeness (QED) is 0.371. The first-order chi connectivity index (χ1) is 18.5. The standard InChI is InChI=1S/C28H32ClN5O4/c29-24-17-21(6-5-20(24)7-10-26-31-33-34(32-26)13-1-2-27(35)36)23(16-18-11-14-38-15-12-18)25-9-8-22(19-3-4-19)28(37)30-25/h5-6,8-9,16-19H,1-4,7,10-15H2,(H,30,37)(H,35,36)/b23-16+. The number of rotatable bonds is 11. The number of aromatic amines is 1. The van der Waals surface area contributed by atoms with Crippen molar-refractivity contribution in [1.29, 1.82) is 0 Å². The van der Waals surface area contributed by atoms with Crippen molar-refractivity contribution in [2.75, 3.05) is 13.2 Å². The molecule has 1 aliphatic carbocycles. The summed E-state index contributed by atoms with van der Waals surface area (Å²) in [6.45, 7) is 1.90. The molecule has 5 rings (SSSR count). The molecule has 0 unspecified atom stereocenters. The SMILES string of the molecule is O=C(O)CCCn1nnc(CCc2ccc(/C(=C\C3CCOCC3)c3ccc(C4CC4)c(=O)[nH]3)cc2Cl)n1. The number of carboxylic acids is 1. The summed E-state index contributed by atoms with van der Waals surface area (Å²) in [6, 6.07) is 10.0. The van der Waals surface area contributed by atoms with Gasteiger partial charge in [-0.3, -0.25) is 9.59 Å². The largest absolute Gasteiger partial charge is 0.481 e. The van der Waals surface area contributed by atoms with E-state index in [0.717, 1.165) is 66.9 Å². The van der Waals surface area contributed by atoms with Crippen LogP contribution in [0.3, 0.4) is 0 Å². The predicted octanol–water partition coefficient (Wildman–Crippen LogP) is 4.40. The van der Waals surface area contributed by atoms with Crippen LogP contribution >= 0.6 is 11.6 Å². The third-order valence-corrected chi connectivity index (χ3v) is 7.49. The molecule has 1 saturated heterocycles. The molecule has 2 aromatic heterocycles. The molecule has 3 heterocycles. The van der Waals surface area contributed by atoms with Crippen LogP contribution in [0.15, 0.2) is 41.2 Å². The molecular formula is C28H32ClN5O4. The third kappa shape index (κ3) is 6.76. The van der Waals surface area contributed by atoms with E-state index in [4.69, 9.17) is 21.4 Å². The van der Waals surface area contributed by atoms with E-state index >= 15 is 0 Å². The summed E-state index contributed by atoms with van der Waals surface area (Å²) in [5.41, 5.74) is 4.59. The van der Waals surface area contributed by atoms with Crippen molar-refractivity contribution in [2.24, 2.45) is 5.92 Å². The lowest BCUT2D eigenvalue weighted by molar-refractivity contribution is -0.137. The van der Waals surface area contributed by atoms with Crippen molar-refractivity contribution in [1.82, 2.24) is 25.2 Å². The number of aryl methyl sites for hydroxylation is 3. The number of halogens is 1. The number of nitrogens with zero attached hydrogens (tertiary/aromatic N) is 4. The highest BCUT2D eigenvalue weighted by atomic mass is 35.5. The van der Waals surface area contributed by atoms with Gasteiger partial charge in [-0.1, -0.05) is 35.9 Å². The van der Waals surface area contributed by atoms with Gasteiger partial charge < -0.3 is 14.8 Å². The smallest absolute Gasteiger partial charge is 0.303 e. The molecule has 10 heteroatoms. The van der Waals surface area contributed by atoms with E-state index in [2.05, 4.69) is 32.5 Å². The highest BCUT2D eigenvalue weighted by molar-refractivity contribution is 6.31. The first-order valence-electron chi connectivity index (χ1n) is 13.3. The summed E-state index contributed by atoms with van der Waals surface area (Å²) in [6.07, 6.45) is 8.06. The maximum atomic E-state index is 12.8. The second kappa shape index (κ2) is 12.0. The van der Waals surface area contributed by atoms with Crippen LogP contribution in [-0.4, -0.2) is 49.5 Å². The number of nitrogens with one attached hydrogen (secondary N) is 1. The molecule has 9 nitrogen and oxygen atoms in total. The van der Waals surface area contributed by atoms with Crippen LogP contribution in [-0.2, 0) is 28.9 Å². The second-order valence-electron chi connectivity index (χ2n) is 10.1. The van der Waals surface area contributed by atoms with Crippen molar-refractivity contribution in [3.63, 3.8) is 0 Å². The summed E-state index contributed by atoms with van der Waals surface area (Å²) in [5.74, 6) is 0.517. The number of benzene rings is 1. The van der Waals surface area contributed by atoms with Gasteiger partial charge in [-0.15, -0.1) is 10.2 Å². The van der Waals surface area contributed by atoms with Gasteiger partial charge in [0, 0.05) is 47.9 Å². The molecule has 1 aliphatic heterocycles. The Labute approximate surface area is 225 Å². The highest BCUT2D eigenvalue weighted by Crippen LogP contribution is 2.38. The molecule has 200 valence electrons. The van der Waals surface area contributed by atoms with Gasteiger partial charge in [0.25, 0.3) is 5.56 Å². The lowest BCUT2D eigenvalue weighted by atomic mass is 9.91. The molecule has 3 aromatic rings. The van der Waals surface area contributed by atoms with Crippen LogP contribution in [0.1, 0.15) is 72.7 Å². The number of hydrogen-bond donors (Lipinski definition) is 2. The molecular weight excluding hydrogens is 506 g/mol. The number of carbonyl (C=O) groups is 1. The number of H-pyrrole nitrogens is 1. The number of allylic oxidation sites excluding steroid dienone is 1. The molecule has 0 spiro atoms. The molecule has 38 heavy (non-hydrogen) atoms. The van der Waals surface area contributed by atoms with Crippen LogP contribution in [0.2, 0.25) is 5.02 Å². The summed E-state index contributed by atoms with van der Waals surface area (Å²) in [5, 5.41) is 21.8. The van der Waals surface area contributed by atoms with Crippen LogP contribution in [0, 0.1) is 5.92 Å². The van der Waals surface area contributed by atoms with Crippen LogP contribution < -0.4 is 5.56 Å². The van der Waals surface area contributed by atoms with Gasteiger partial charge in [-0.05, 0) is 78.8 Å². The van der Waals surface area contributed by atoms with E-state index in [-0.39, 0.29) is 12.0 Å². The highest BCUT2D eigenvalue weighted by Gasteiger charge is 2.26. The zero-order chi connectivity index (χ0) is 26.5. The lowest BCUT2D eigenvalue weighted by Gasteiger charge is -2.21. The molecule has 0 atom stereocenters. The average molecular weight is 538 g/mol. The first-order valence-corrected chi connectivity index (χ1v) is 13.6. The summed E-state index contributed by atoms with van der Waals surface area (Å²) >= 11 is 6.74. The van der Waals surface area contributed by atoms with Gasteiger partial charge in [-0.25, -0.2) is 0 Å². The fourth-order valence-corrected chi connectivity index (χ4v) is 5.10. The maximum absolute atomic E-state index is 12.8. The van der Waals surface area contributed by atoms with Crippen LogP contribution in [0.4, 0.5) is 0 Å². The van der Waals surface area contributed by atoms with Gasteiger partial charge in [0.1, 0.15) is 0 Å². The monoisotopic (exact) mass is 537 g/mol. The zero-order valence-electron chi connectivity index (χ0n) is 21.2. The Hall–Kier alpha value is -3.30. The summed E-state index contributed by atoms with van der Waals surface area (Å²) in [4.78, 5) is 28.1. The molecule has 2 aliphatic rings. The normalized spacial score (nSPS) is 16.6. The van der Waals surface area contributed by atoms with Gasteiger partial charge in [0.05, 0.1) is 6.54 Å². The van der Waals surface area contributed by atoms with Gasteiger partial charge >= 0.3 is 5.97 Å². The lowest BCUT2D eigenvalue weighted by Crippen LogP contribution is -2.16. The Morgan fingerprint density at radius 2 is 1.97 bits per heavy atom. The average Bonchev–Trinajstić information content (AvgIpc) is 3.65. The van der Waals surface area contributed by atoms with E-state index < -0.39 is 5.97 Å². The van der Waals surface area contributed by atoms with Crippen LogP contribution in [0.25, 0.3) is 5.57 Å². The van der Waals surface area contributed by atoms with Crippen molar-refractivity contribution >= 4 is 23.1 Å². The molecule has 0 radical (unpaired) electrons. The van der Waals surface area contributed by atoms with Crippen molar-refractivity contribution in [3.8, 4) is 0 Å². The fraction of sp³-hybridized carbons (Fsp3) is 0.464. The van der Waals surface area contributed by atoms with E-state index in [1.54, 1.807) is 0 Å². The number of carboxylic acid groups (broad SMARTS) is 1. The van der Waals surface area contributed by atoms with E-state index in [9.17, 15) is 9.59 Å². The minimum Gasteiger partial charge on any atom is -0.481 e. The Morgan fingerprint density at radius 3 is 2.68 bits per heavy atom. The molecule has 0 amide bonds. The van der Waals surface area contributed by atoms with Crippen LogP contribution in [0.5, 0.6) is 0 Å². The van der Waals surface area contributed by atoms with Gasteiger partial charge in [0.2, 0.25) is 0 Å². The predicted molar refractivity (Wildman–Crippen MR) is 143 cm³/mol. The molecule has 1 aromatic carbocycles. The van der Waals surface area contributed by atoms with Gasteiger partial charge in [0.15, 0.2) is 5.82 Å². The third-order valence-electron chi connectivity index (χ3n) is 7.14. The fourth-order valence-electron chi connectivity index (χ4n) is 4.82. The van der Waals surface area contributed by atoms with Crippen molar-refractivity contribution in [3.05, 3.63) is 80.0 Å². The maximum Gasteiger partial charge on any atom is 0.303 e. The minimum absolute atomic E-state index is 0.00546. The van der Waals surface area contributed by atoms with E-state index in [1.165, 1.54) is 4.80 Å².